The third-order valence-corrected chi connectivity index (χ3v) is 3.99. The molecule has 98 valence electrons. The first kappa shape index (κ1) is 12.8. The predicted octanol–water partition coefficient (Wildman–Crippen LogP) is 0.901. The Bertz CT molecular complexity index is 273. The minimum absolute atomic E-state index is 0.0845. The minimum atomic E-state index is -0.150. The summed E-state index contributed by atoms with van der Waals surface area (Å²) in [6.07, 6.45) is 3.47. The van der Waals surface area contributed by atoms with E-state index < -0.39 is 0 Å². The normalized spacial score (nSPS) is 42.4. The van der Waals surface area contributed by atoms with Crippen molar-refractivity contribution < 1.29 is 9.53 Å². The van der Waals surface area contributed by atoms with Crippen LogP contribution in [0.2, 0.25) is 0 Å². The number of hydrogen-bond donors (Lipinski definition) is 2. The summed E-state index contributed by atoms with van der Waals surface area (Å²) in [5, 5.41) is 3.15. The van der Waals surface area contributed by atoms with Gasteiger partial charge in [-0.25, -0.2) is 0 Å². The molecule has 4 unspecified atom stereocenters. The Hall–Kier alpha value is -0.610. The van der Waals surface area contributed by atoms with Gasteiger partial charge in [0.15, 0.2) is 0 Å². The molecule has 4 atom stereocenters. The summed E-state index contributed by atoms with van der Waals surface area (Å²) < 4.78 is 5.24. The van der Waals surface area contributed by atoms with Crippen LogP contribution in [-0.2, 0) is 9.53 Å². The third-order valence-electron chi connectivity index (χ3n) is 3.99. The second-order valence-electron chi connectivity index (χ2n) is 5.93. The molecule has 17 heavy (non-hydrogen) atoms. The maximum absolute atomic E-state index is 12.1. The van der Waals surface area contributed by atoms with Crippen LogP contribution in [0, 0.1) is 17.8 Å². The van der Waals surface area contributed by atoms with Gasteiger partial charge in [-0.15, -0.1) is 0 Å². The lowest BCUT2D eigenvalue weighted by Crippen LogP contribution is -2.47. The number of carbonyl (C=O) groups excluding carboxylic acids is 1. The molecule has 4 nitrogen and oxygen atoms in total. The van der Waals surface area contributed by atoms with E-state index in [0.29, 0.717) is 31.1 Å². The van der Waals surface area contributed by atoms with Crippen molar-refractivity contribution in [3.05, 3.63) is 0 Å². The molecule has 1 amide bonds. The topological polar surface area (TPSA) is 64.3 Å². The van der Waals surface area contributed by atoms with E-state index in [9.17, 15) is 4.79 Å². The SMILES string of the molecule is CC1CC(C)CC(NC(=O)C2COCC2N)C1. The maximum atomic E-state index is 12.1. The summed E-state index contributed by atoms with van der Waals surface area (Å²) in [4.78, 5) is 12.1. The molecule has 1 heterocycles. The summed E-state index contributed by atoms with van der Waals surface area (Å²) in [6.45, 7) is 5.51. The quantitative estimate of drug-likeness (QED) is 0.754. The Morgan fingerprint density at radius 3 is 2.35 bits per heavy atom. The molecule has 3 N–H and O–H groups in total. The molecule has 0 aromatic rings. The number of nitrogens with one attached hydrogen (secondary N) is 1. The lowest BCUT2D eigenvalue weighted by Gasteiger charge is -2.32. The number of ether oxygens (including phenoxy) is 1. The van der Waals surface area contributed by atoms with Crippen molar-refractivity contribution in [3.8, 4) is 0 Å². The standard InChI is InChI=1S/C13H24N2O2/c1-8-3-9(2)5-10(4-8)15-13(16)11-6-17-7-12(11)14/h8-12H,3-7,14H2,1-2H3,(H,15,16). The van der Waals surface area contributed by atoms with Gasteiger partial charge in [-0.3, -0.25) is 4.79 Å². The maximum Gasteiger partial charge on any atom is 0.227 e. The summed E-state index contributed by atoms with van der Waals surface area (Å²) >= 11 is 0. The molecule has 1 saturated carbocycles. The first-order chi connectivity index (χ1) is 8.06. The highest BCUT2D eigenvalue weighted by atomic mass is 16.5. The van der Waals surface area contributed by atoms with E-state index >= 15 is 0 Å². The fourth-order valence-electron chi connectivity index (χ4n) is 3.21. The van der Waals surface area contributed by atoms with E-state index in [-0.39, 0.29) is 17.9 Å². The zero-order valence-electron chi connectivity index (χ0n) is 10.8. The molecule has 0 radical (unpaired) electrons. The lowest BCUT2D eigenvalue weighted by molar-refractivity contribution is -0.126. The zero-order valence-corrected chi connectivity index (χ0v) is 10.8. The number of hydrogen-bond acceptors (Lipinski definition) is 3. The Balaban J connectivity index is 1.85. The number of amides is 1. The van der Waals surface area contributed by atoms with Crippen molar-refractivity contribution in [1.29, 1.82) is 0 Å². The molecule has 0 spiro atoms. The van der Waals surface area contributed by atoms with Gasteiger partial charge in [0.25, 0.3) is 0 Å². The van der Waals surface area contributed by atoms with Gasteiger partial charge < -0.3 is 15.8 Å². The van der Waals surface area contributed by atoms with E-state index in [1.807, 2.05) is 0 Å². The van der Waals surface area contributed by atoms with Crippen LogP contribution in [0.25, 0.3) is 0 Å². The molecule has 2 rings (SSSR count). The summed E-state index contributed by atoms with van der Waals surface area (Å²) in [5.41, 5.74) is 5.85. The van der Waals surface area contributed by atoms with Gasteiger partial charge in [-0.05, 0) is 31.1 Å². The average Bonchev–Trinajstić information content (AvgIpc) is 2.62. The van der Waals surface area contributed by atoms with Crippen molar-refractivity contribution >= 4 is 5.91 Å². The molecular formula is C13H24N2O2. The molecule has 0 bridgehead atoms. The van der Waals surface area contributed by atoms with E-state index in [1.54, 1.807) is 0 Å². The second kappa shape index (κ2) is 5.36. The van der Waals surface area contributed by atoms with Gasteiger partial charge in [-0.2, -0.15) is 0 Å². The van der Waals surface area contributed by atoms with Crippen molar-refractivity contribution in [1.82, 2.24) is 5.32 Å². The zero-order chi connectivity index (χ0) is 12.4. The summed E-state index contributed by atoms with van der Waals surface area (Å²) in [5.74, 6) is 1.35. The van der Waals surface area contributed by atoms with Crippen LogP contribution in [0.5, 0.6) is 0 Å². The molecule has 4 heteroatoms. The van der Waals surface area contributed by atoms with Gasteiger partial charge in [0, 0.05) is 12.1 Å². The summed E-state index contributed by atoms with van der Waals surface area (Å²) in [6, 6.07) is 0.197. The van der Waals surface area contributed by atoms with Crippen LogP contribution in [0.1, 0.15) is 33.1 Å². The highest BCUT2D eigenvalue weighted by Crippen LogP contribution is 2.28. The molecule has 1 aliphatic heterocycles. The van der Waals surface area contributed by atoms with Crippen molar-refractivity contribution in [2.24, 2.45) is 23.5 Å². The number of rotatable bonds is 2. The Labute approximate surface area is 103 Å². The van der Waals surface area contributed by atoms with Crippen molar-refractivity contribution in [3.63, 3.8) is 0 Å². The van der Waals surface area contributed by atoms with Crippen LogP contribution < -0.4 is 11.1 Å². The van der Waals surface area contributed by atoms with Gasteiger partial charge in [0.05, 0.1) is 19.1 Å². The van der Waals surface area contributed by atoms with Crippen molar-refractivity contribution in [2.75, 3.05) is 13.2 Å². The Morgan fingerprint density at radius 1 is 1.18 bits per heavy atom. The van der Waals surface area contributed by atoms with E-state index in [2.05, 4.69) is 19.2 Å². The van der Waals surface area contributed by atoms with Gasteiger partial charge in [0.1, 0.15) is 0 Å². The number of carbonyl (C=O) groups is 1. The van der Waals surface area contributed by atoms with Crippen LogP contribution in [0.3, 0.4) is 0 Å². The minimum Gasteiger partial charge on any atom is -0.379 e. The van der Waals surface area contributed by atoms with Crippen LogP contribution in [0.4, 0.5) is 0 Å². The van der Waals surface area contributed by atoms with E-state index in [0.717, 1.165) is 12.8 Å². The second-order valence-corrected chi connectivity index (χ2v) is 5.93. The molecule has 2 aliphatic rings. The fourth-order valence-corrected chi connectivity index (χ4v) is 3.21. The lowest BCUT2D eigenvalue weighted by atomic mass is 9.80. The first-order valence-electron chi connectivity index (χ1n) is 6.70. The average molecular weight is 240 g/mol. The number of nitrogens with two attached hydrogens (primary N) is 1. The van der Waals surface area contributed by atoms with Gasteiger partial charge >= 0.3 is 0 Å². The van der Waals surface area contributed by atoms with Gasteiger partial charge in [0.2, 0.25) is 5.91 Å². The highest BCUT2D eigenvalue weighted by Gasteiger charge is 2.33. The first-order valence-corrected chi connectivity index (χ1v) is 6.70. The van der Waals surface area contributed by atoms with E-state index in [1.165, 1.54) is 6.42 Å². The monoisotopic (exact) mass is 240 g/mol. The van der Waals surface area contributed by atoms with Crippen molar-refractivity contribution in [2.45, 2.75) is 45.2 Å². The van der Waals surface area contributed by atoms with Crippen LogP contribution in [0.15, 0.2) is 0 Å². The predicted molar refractivity (Wildman–Crippen MR) is 66.4 cm³/mol. The van der Waals surface area contributed by atoms with Gasteiger partial charge in [-0.1, -0.05) is 13.8 Å². The fraction of sp³-hybridized carbons (Fsp3) is 0.923. The molecule has 0 aromatic carbocycles. The largest absolute Gasteiger partial charge is 0.379 e. The third kappa shape index (κ3) is 3.19. The Kier molecular flexibility index (Phi) is 4.05. The van der Waals surface area contributed by atoms with Crippen LogP contribution >= 0.6 is 0 Å². The molecule has 1 aliphatic carbocycles. The molecule has 0 aromatic heterocycles. The highest BCUT2D eigenvalue weighted by molar-refractivity contribution is 5.80. The molecular weight excluding hydrogens is 216 g/mol. The van der Waals surface area contributed by atoms with E-state index in [4.69, 9.17) is 10.5 Å². The smallest absolute Gasteiger partial charge is 0.227 e. The molecule has 1 saturated heterocycles. The summed E-state index contributed by atoms with van der Waals surface area (Å²) in [7, 11) is 0. The van der Waals surface area contributed by atoms with Crippen LogP contribution in [-0.4, -0.2) is 31.2 Å². The Morgan fingerprint density at radius 2 is 1.82 bits per heavy atom. The molecule has 2 fully saturated rings.